The Kier molecular flexibility index (Phi) is 5.41. The number of hydrogen-bond donors (Lipinski definition) is 1. The summed E-state index contributed by atoms with van der Waals surface area (Å²) in [5.74, 6) is 0. The number of rotatable bonds is 4. The standard InChI is InChI=1S/C16H15F3N4O2S2/c17-16(18,19)14-10-21-15(26-14)22-12-5-7-23(8-6-12)27(24,25)13-3-1-11(9-20)2-4-13/h1-4,10,12H,5-8H2,(H,21,22). The third kappa shape index (κ3) is 4.40. The Morgan fingerprint density at radius 2 is 1.85 bits per heavy atom. The maximum Gasteiger partial charge on any atom is 0.427 e. The van der Waals surface area contributed by atoms with Crippen molar-refractivity contribution in [3.8, 4) is 6.07 Å². The molecule has 0 saturated carbocycles. The van der Waals surface area contributed by atoms with Crippen LogP contribution in [0.1, 0.15) is 23.3 Å². The van der Waals surface area contributed by atoms with Crippen LogP contribution in [0.25, 0.3) is 0 Å². The molecule has 1 saturated heterocycles. The SMILES string of the molecule is N#Cc1ccc(S(=O)(=O)N2CCC(Nc3ncc(C(F)(F)F)s3)CC2)cc1. The van der Waals surface area contributed by atoms with Crippen molar-refractivity contribution >= 4 is 26.5 Å². The molecule has 0 spiro atoms. The van der Waals surface area contributed by atoms with Gasteiger partial charge < -0.3 is 5.32 Å². The summed E-state index contributed by atoms with van der Waals surface area (Å²) in [4.78, 5) is 3.08. The molecule has 27 heavy (non-hydrogen) atoms. The number of piperidine rings is 1. The first kappa shape index (κ1) is 19.6. The van der Waals surface area contributed by atoms with Gasteiger partial charge in [-0.1, -0.05) is 11.3 Å². The lowest BCUT2D eigenvalue weighted by Crippen LogP contribution is -2.42. The van der Waals surface area contributed by atoms with E-state index in [0.717, 1.165) is 6.20 Å². The van der Waals surface area contributed by atoms with E-state index in [2.05, 4.69) is 10.3 Å². The van der Waals surface area contributed by atoms with Gasteiger partial charge >= 0.3 is 6.18 Å². The summed E-state index contributed by atoms with van der Waals surface area (Å²) in [5, 5.41) is 11.9. The zero-order valence-electron chi connectivity index (χ0n) is 13.9. The van der Waals surface area contributed by atoms with Crippen molar-refractivity contribution in [2.24, 2.45) is 0 Å². The second-order valence-electron chi connectivity index (χ2n) is 5.99. The quantitative estimate of drug-likeness (QED) is 0.827. The van der Waals surface area contributed by atoms with Crippen LogP contribution in [0, 0.1) is 11.3 Å². The number of halogens is 3. The van der Waals surface area contributed by atoms with Crippen LogP contribution in [0.5, 0.6) is 0 Å². The van der Waals surface area contributed by atoms with Crippen molar-refractivity contribution in [1.29, 1.82) is 5.26 Å². The van der Waals surface area contributed by atoms with Gasteiger partial charge in [0.2, 0.25) is 10.0 Å². The minimum absolute atomic E-state index is 0.114. The Morgan fingerprint density at radius 3 is 2.37 bits per heavy atom. The number of nitrogens with one attached hydrogen (secondary N) is 1. The average Bonchev–Trinajstić information content (AvgIpc) is 3.11. The first-order valence-corrected chi connectivity index (χ1v) is 10.3. The summed E-state index contributed by atoms with van der Waals surface area (Å²) in [6, 6.07) is 7.47. The number of sulfonamides is 1. The average molecular weight is 416 g/mol. The van der Waals surface area contributed by atoms with E-state index in [4.69, 9.17) is 5.26 Å². The monoisotopic (exact) mass is 416 g/mol. The van der Waals surface area contributed by atoms with Gasteiger partial charge in [-0.3, -0.25) is 0 Å². The maximum atomic E-state index is 12.7. The van der Waals surface area contributed by atoms with Gasteiger partial charge in [-0.15, -0.1) is 0 Å². The molecule has 2 aromatic rings. The molecule has 0 bridgehead atoms. The molecule has 0 aliphatic carbocycles. The van der Waals surface area contributed by atoms with Gasteiger partial charge in [0.05, 0.1) is 22.7 Å². The van der Waals surface area contributed by atoms with Crippen LogP contribution in [0.3, 0.4) is 0 Å². The highest BCUT2D eigenvalue weighted by atomic mass is 32.2. The van der Waals surface area contributed by atoms with Gasteiger partial charge in [0.15, 0.2) is 5.13 Å². The minimum Gasteiger partial charge on any atom is -0.359 e. The molecule has 1 aliphatic heterocycles. The van der Waals surface area contributed by atoms with Crippen molar-refractivity contribution in [3.63, 3.8) is 0 Å². The largest absolute Gasteiger partial charge is 0.427 e. The number of hydrogen-bond acceptors (Lipinski definition) is 6. The molecule has 1 fully saturated rings. The molecule has 0 atom stereocenters. The molecule has 0 amide bonds. The van der Waals surface area contributed by atoms with Crippen LogP contribution < -0.4 is 5.32 Å². The minimum atomic E-state index is -4.42. The van der Waals surface area contributed by atoms with Crippen molar-refractivity contribution in [1.82, 2.24) is 9.29 Å². The van der Waals surface area contributed by atoms with E-state index in [0.29, 0.717) is 29.7 Å². The molecule has 1 aliphatic rings. The highest BCUT2D eigenvalue weighted by Gasteiger charge is 2.34. The van der Waals surface area contributed by atoms with E-state index >= 15 is 0 Å². The van der Waals surface area contributed by atoms with Crippen LogP contribution in [-0.4, -0.2) is 36.8 Å². The molecule has 3 rings (SSSR count). The molecule has 0 radical (unpaired) electrons. The van der Waals surface area contributed by atoms with Gasteiger partial charge in [-0.25, -0.2) is 13.4 Å². The Morgan fingerprint density at radius 1 is 1.22 bits per heavy atom. The lowest BCUT2D eigenvalue weighted by molar-refractivity contribution is -0.134. The number of anilines is 1. The number of benzene rings is 1. The van der Waals surface area contributed by atoms with E-state index < -0.39 is 21.1 Å². The fourth-order valence-corrected chi connectivity index (χ4v) is 4.97. The fourth-order valence-electron chi connectivity index (χ4n) is 2.74. The van der Waals surface area contributed by atoms with Crippen molar-refractivity contribution in [2.75, 3.05) is 18.4 Å². The number of nitrogens with zero attached hydrogens (tertiary/aromatic N) is 3. The van der Waals surface area contributed by atoms with Crippen LogP contribution in [-0.2, 0) is 16.2 Å². The number of alkyl halides is 3. The molecule has 11 heteroatoms. The van der Waals surface area contributed by atoms with E-state index in [-0.39, 0.29) is 29.2 Å². The first-order valence-electron chi connectivity index (χ1n) is 8.00. The van der Waals surface area contributed by atoms with Gasteiger partial charge in [-0.2, -0.15) is 22.7 Å². The van der Waals surface area contributed by atoms with E-state index in [9.17, 15) is 21.6 Å². The zero-order valence-corrected chi connectivity index (χ0v) is 15.5. The van der Waals surface area contributed by atoms with Gasteiger partial charge in [0, 0.05) is 19.1 Å². The third-order valence-electron chi connectivity index (χ3n) is 4.19. The number of aromatic nitrogens is 1. The predicted molar refractivity (Wildman–Crippen MR) is 93.7 cm³/mol. The second-order valence-corrected chi connectivity index (χ2v) is 8.95. The second kappa shape index (κ2) is 7.46. The fraction of sp³-hybridized carbons (Fsp3) is 0.375. The van der Waals surface area contributed by atoms with E-state index in [1.807, 2.05) is 6.07 Å². The highest BCUT2D eigenvalue weighted by Crippen LogP contribution is 2.35. The van der Waals surface area contributed by atoms with E-state index in [1.54, 1.807) is 0 Å². The van der Waals surface area contributed by atoms with Gasteiger partial charge in [-0.05, 0) is 37.1 Å². The molecule has 1 aromatic carbocycles. The number of thiazole rings is 1. The summed E-state index contributed by atoms with van der Waals surface area (Å²) >= 11 is 0.535. The molecule has 6 nitrogen and oxygen atoms in total. The zero-order chi connectivity index (χ0) is 19.7. The summed E-state index contributed by atoms with van der Waals surface area (Å²) < 4.78 is 64.5. The van der Waals surface area contributed by atoms with Crippen LogP contribution in [0.4, 0.5) is 18.3 Å². The summed E-state index contributed by atoms with van der Waals surface area (Å²) in [5.41, 5.74) is 0.374. The summed E-state index contributed by atoms with van der Waals surface area (Å²) in [6.07, 6.45) is -2.72. The van der Waals surface area contributed by atoms with E-state index in [1.165, 1.54) is 28.6 Å². The first-order chi connectivity index (χ1) is 12.7. The lowest BCUT2D eigenvalue weighted by Gasteiger charge is -2.31. The smallest absolute Gasteiger partial charge is 0.359 e. The molecule has 144 valence electrons. The topological polar surface area (TPSA) is 86.1 Å². The van der Waals surface area contributed by atoms with Crippen molar-refractivity contribution < 1.29 is 21.6 Å². The van der Waals surface area contributed by atoms with Crippen molar-refractivity contribution in [3.05, 3.63) is 40.9 Å². The van der Waals surface area contributed by atoms with Crippen LogP contribution in [0.2, 0.25) is 0 Å². The van der Waals surface area contributed by atoms with Crippen LogP contribution in [0.15, 0.2) is 35.4 Å². The normalized spacial score (nSPS) is 16.8. The Labute approximate surface area is 158 Å². The Bertz CT molecular complexity index is 941. The van der Waals surface area contributed by atoms with Crippen LogP contribution >= 0.6 is 11.3 Å². The molecule has 2 heterocycles. The summed E-state index contributed by atoms with van der Waals surface area (Å²) in [7, 11) is -3.66. The summed E-state index contributed by atoms with van der Waals surface area (Å²) in [6.45, 7) is 0.495. The number of nitriles is 1. The Hall–Kier alpha value is -2.16. The molecule has 0 unspecified atom stereocenters. The third-order valence-corrected chi connectivity index (χ3v) is 7.07. The van der Waals surface area contributed by atoms with Gasteiger partial charge in [0.1, 0.15) is 4.88 Å². The predicted octanol–water partition coefficient (Wildman–Crippen LogP) is 3.30. The Balaban J connectivity index is 1.61. The molecular weight excluding hydrogens is 401 g/mol. The molecule has 1 N–H and O–H groups in total. The van der Waals surface area contributed by atoms with Gasteiger partial charge in [0.25, 0.3) is 0 Å². The maximum absolute atomic E-state index is 12.7. The molecule has 1 aromatic heterocycles. The highest BCUT2D eigenvalue weighted by molar-refractivity contribution is 7.89. The van der Waals surface area contributed by atoms with Crippen molar-refractivity contribution in [2.45, 2.75) is 30.0 Å². The lowest BCUT2D eigenvalue weighted by atomic mass is 10.1. The molecular formula is C16H15F3N4O2S2.